The Labute approximate surface area is 134 Å². The summed E-state index contributed by atoms with van der Waals surface area (Å²) in [4.78, 5) is 16.3. The normalized spacial score (nSPS) is 23.4. The Hall–Kier alpha value is -0.810. The van der Waals surface area contributed by atoms with Gasteiger partial charge in [0.1, 0.15) is 5.60 Å². The SMILES string of the molecule is CC(C)(C)OC(=O)N1CCN(C(CO)C2CCCCC2)CC1. The summed E-state index contributed by atoms with van der Waals surface area (Å²) in [5.74, 6) is 0.617. The lowest BCUT2D eigenvalue weighted by Crippen LogP contribution is -2.55. The molecule has 0 bridgehead atoms. The number of ether oxygens (including phenoxy) is 1. The summed E-state index contributed by atoms with van der Waals surface area (Å²) in [6.45, 7) is 8.97. The summed E-state index contributed by atoms with van der Waals surface area (Å²) >= 11 is 0. The molecular formula is C17H32N2O3. The fourth-order valence-electron chi connectivity index (χ4n) is 3.64. The number of carbonyl (C=O) groups excluding carboxylic acids is 1. The second kappa shape index (κ2) is 7.64. The van der Waals surface area contributed by atoms with Crippen molar-refractivity contribution in [3.8, 4) is 0 Å². The van der Waals surface area contributed by atoms with Crippen molar-refractivity contribution in [2.75, 3.05) is 32.8 Å². The fraction of sp³-hybridized carbons (Fsp3) is 0.941. The summed E-state index contributed by atoms with van der Waals surface area (Å²) in [5.41, 5.74) is -0.441. The zero-order valence-electron chi connectivity index (χ0n) is 14.4. The van der Waals surface area contributed by atoms with Crippen LogP contribution in [0, 0.1) is 5.92 Å². The molecule has 5 nitrogen and oxygen atoms in total. The maximum Gasteiger partial charge on any atom is 0.410 e. The Morgan fingerprint density at radius 2 is 1.73 bits per heavy atom. The van der Waals surface area contributed by atoms with E-state index in [9.17, 15) is 9.90 Å². The Morgan fingerprint density at radius 3 is 2.23 bits per heavy atom. The molecule has 0 spiro atoms. The molecule has 0 radical (unpaired) electrons. The van der Waals surface area contributed by atoms with Crippen LogP contribution in [-0.2, 0) is 4.74 Å². The van der Waals surface area contributed by atoms with E-state index in [0.717, 1.165) is 13.1 Å². The Balaban J connectivity index is 1.83. The molecule has 0 aromatic carbocycles. The molecule has 2 fully saturated rings. The highest BCUT2D eigenvalue weighted by Crippen LogP contribution is 2.29. The molecule has 2 rings (SSSR count). The predicted molar refractivity (Wildman–Crippen MR) is 86.8 cm³/mol. The van der Waals surface area contributed by atoms with Crippen molar-refractivity contribution in [1.29, 1.82) is 0 Å². The summed E-state index contributed by atoms with van der Waals surface area (Å²) in [6, 6.07) is 0.265. The molecule has 0 aromatic rings. The molecule has 22 heavy (non-hydrogen) atoms. The van der Waals surface area contributed by atoms with Crippen molar-refractivity contribution in [3.05, 3.63) is 0 Å². The number of aliphatic hydroxyl groups is 1. The summed E-state index contributed by atoms with van der Waals surface area (Å²) < 4.78 is 5.43. The van der Waals surface area contributed by atoms with Gasteiger partial charge < -0.3 is 14.7 Å². The monoisotopic (exact) mass is 312 g/mol. The third-order valence-corrected chi connectivity index (χ3v) is 4.82. The van der Waals surface area contributed by atoms with Gasteiger partial charge in [-0.1, -0.05) is 19.3 Å². The first-order chi connectivity index (χ1) is 10.4. The van der Waals surface area contributed by atoms with Gasteiger partial charge in [0, 0.05) is 32.2 Å². The molecule has 1 saturated heterocycles. The van der Waals surface area contributed by atoms with Gasteiger partial charge >= 0.3 is 6.09 Å². The van der Waals surface area contributed by atoms with E-state index in [-0.39, 0.29) is 18.7 Å². The average Bonchev–Trinajstić information content (AvgIpc) is 2.48. The maximum absolute atomic E-state index is 12.1. The number of piperazine rings is 1. The van der Waals surface area contributed by atoms with Crippen molar-refractivity contribution in [3.63, 3.8) is 0 Å². The first-order valence-corrected chi connectivity index (χ1v) is 8.73. The molecule has 5 heteroatoms. The van der Waals surface area contributed by atoms with Crippen LogP contribution >= 0.6 is 0 Å². The smallest absolute Gasteiger partial charge is 0.410 e. The van der Waals surface area contributed by atoms with Crippen molar-refractivity contribution >= 4 is 6.09 Å². The number of nitrogens with zero attached hydrogens (tertiary/aromatic N) is 2. The highest BCUT2D eigenvalue weighted by atomic mass is 16.6. The van der Waals surface area contributed by atoms with Crippen molar-refractivity contribution in [2.45, 2.75) is 64.5 Å². The van der Waals surface area contributed by atoms with Gasteiger partial charge in [-0.2, -0.15) is 0 Å². The first-order valence-electron chi connectivity index (χ1n) is 8.73. The zero-order valence-corrected chi connectivity index (χ0v) is 14.4. The molecule has 1 aliphatic heterocycles. The van der Waals surface area contributed by atoms with Gasteiger partial charge in [-0.05, 0) is 39.5 Å². The zero-order chi connectivity index (χ0) is 16.2. The molecule has 1 atom stereocenters. The Kier molecular flexibility index (Phi) is 6.09. The van der Waals surface area contributed by atoms with Crippen molar-refractivity contribution in [1.82, 2.24) is 9.80 Å². The van der Waals surface area contributed by atoms with Gasteiger partial charge in [0.15, 0.2) is 0 Å². The van der Waals surface area contributed by atoms with Gasteiger partial charge in [0.25, 0.3) is 0 Å². The lowest BCUT2D eigenvalue weighted by atomic mass is 9.83. The van der Waals surface area contributed by atoms with E-state index in [1.807, 2.05) is 20.8 Å². The standard InChI is InChI=1S/C17H32N2O3/c1-17(2,3)22-16(21)19-11-9-18(10-12-19)15(13-20)14-7-5-4-6-8-14/h14-15,20H,4-13H2,1-3H3. The van der Waals surface area contributed by atoms with Crippen LogP contribution in [0.3, 0.4) is 0 Å². The summed E-state index contributed by atoms with van der Waals surface area (Å²) in [6.07, 6.45) is 6.17. The average molecular weight is 312 g/mol. The second-order valence-electron chi connectivity index (χ2n) is 7.65. The molecule has 0 aromatic heterocycles. The van der Waals surface area contributed by atoms with E-state index in [0.29, 0.717) is 19.0 Å². The van der Waals surface area contributed by atoms with Crippen LogP contribution in [0.15, 0.2) is 0 Å². The van der Waals surface area contributed by atoms with Crippen LogP contribution in [0.25, 0.3) is 0 Å². The highest BCUT2D eigenvalue weighted by molar-refractivity contribution is 5.68. The van der Waals surface area contributed by atoms with Crippen LogP contribution < -0.4 is 0 Å². The van der Waals surface area contributed by atoms with Gasteiger partial charge in [0.05, 0.1) is 6.61 Å². The topological polar surface area (TPSA) is 53.0 Å². The van der Waals surface area contributed by atoms with Crippen LogP contribution in [0.4, 0.5) is 4.79 Å². The molecule has 1 unspecified atom stereocenters. The lowest BCUT2D eigenvalue weighted by Gasteiger charge is -2.42. The number of rotatable bonds is 3. The minimum absolute atomic E-state index is 0.217. The molecule has 1 saturated carbocycles. The van der Waals surface area contributed by atoms with Crippen LogP contribution in [0.5, 0.6) is 0 Å². The largest absolute Gasteiger partial charge is 0.444 e. The van der Waals surface area contributed by atoms with Gasteiger partial charge in [0.2, 0.25) is 0 Å². The predicted octanol–water partition coefficient (Wildman–Crippen LogP) is 2.48. The van der Waals surface area contributed by atoms with E-state index in [2.05, 4.69) is 4.90 Å². The van der Waals surface area contributed by atoms with Crippen LogP contribution in [0.2, 0.25) is 0 Å². The van der Waals surface area contributed by atoms with Crippen LogP contribution in [0.1, 0.15) is 52.9 Å². The maximum atomic E-state index is 12.1. The van der Waals surface area contributed by atoms with E-state index in [1.54, 1.807) is 4.90 Å². The third-order valence-electron chi connectivity index (χ3n) is 4.82. The van der Waals surface area contributed by atoms with Crippen molar-refractivity contribution < 1.29 is 14.6 Å². The Bertz CT molecular complexity index is 353. The lowest BCUT2D eigenvalue weighted by molar-refractivity contribution is -0.00275. The Morgan fingerprint density at radius 1 is 1.14 bits per heavy atom. The molecule has 1 aliphatic carbocycles. The van der Waals surface area contributed by atoms with E-state index >= 15 is 0 Å². The number of amides is 1. The van der Waals surface area contributed by atoms with E-state index in [4.69, 9.17) is 4.74 Å². The molecular weight excluding hydrogens is 280 g/mol. The number of carbonyl (C=O) groups is 1. The molecule has 2 aliphatic rings. The molecule has 1 N–H and O–H groups in total. The minimum Gasteiger partial charge on any atom is -0.444 e. The first kappa shape index (κ1) is 17.5. The molecule has 1 amide bonds. The molecule has 1 heterocycles. The summed E-state index contributed by atoms with van der Waals surface area (Å²) in [5, 5.41) is 9.81. The van der Waals surface area contributed by atoms with Crippen LogP contribution in [-0.4, -0.2) is 65.4 Å². The van der Waals surface area contributed by atoms with Crippen molar-refractivity contribution in [2.24, 2.45) is 5.92 Å². The molecule has 128 valence electrons. The second-order valence-corrected chi connectivity index (χ2v) is 7.65. The quantitative estimate of drug-likeness (QED) is 0.870. The van der Waals surface area contributed by atoms with Gasteiger partial charge in [-0.25, -0.2) is 4.79 Å². The number of aliphatic hydroxyl groups excluding tert-OH is 1. The van der Waals surface area contributed by atoms with E-state index < -0.39 is 5.60 Å². The minimum atomic E-state index is -0.441. The third kappa shape index (κ3) is 4.85. The summed E-state index contributed by atoms with van der Waals surface area (Å²) in [7, 11) is 0. The number of hydrogen-bond donors (Lipinski definition) is 1. The highest BCUT2D eigenvalue weighted by Gasteiger charge is 2.32. The number of hydrogen-bond acceptors (Lipinski definition) is 4. The van der Waals surface area contributed by atoms with E-state index in [1.165, 1.54) is 32.1 Å². The van der Waals surface area contributed by atoms with Gasteiger partial charge in [-0.3, -0.25) is 4.90 Å². The fourth-order valence-corrected chi connectivity index (χ4v) is 3.64. The van der Waals surface area contributed by atoms with Gasteiger partial charge in [-0.15, -0.1) is 0 Å².